The molecule has 2 saturated heterocycles. The number of ketones is 3. The number of hydrogen-bond acceptors (Lipinski definition) is 18. The number of rotatable bonds is 16. The molecular formula is C26H42O18. The van der Waals surface area contributed by atoms with E-state index in [1.807, 2.05) is 0 Å². The van der Waals surface area contributed by atoms with Gasteiger partial charge >= 0.3 is 0 Å². The summed E-state index contributed by atoms with van der Waals surface area (Å²) in [5.74, 6) is -4.46. The third-order valence-electron chi connectivity index (χ3n) is 7.33. The van der Waals surface area contributed by atoms with Gasteiger partial charge in [-0.3, -0.25) is 14.4 Å². The zero-order valence-corrected chi connectivity index (χ0v) is 24.0. The van der Waals surface area contributed by atoms with Gasteiger partial charge in [0, 0.05) is 6.42 Å². The summed E-state index contributed by atoms with van der Waals surface area (Å²) in [7, 11) is 0. The van der Waals surface area contributed by atoms with Crippen molar-refractivity contribution in [1.29, 1.82) is 0 Å². The first-order valence-corrected chi connectivity index (χ1v) is 13.7. The molecule has 18 heteroatoms. The fraction of sp³-hybridized carbons (Fsp3) is 0.808. The van der Waals surface area contributed by atoms with E-state index in [1.54, 1.807) is 0 Å². The Balaban J connectivity index is 2.11. The molecule has 11 N–H and O–H groups in total. The minimum absolute atomic E-state index is 0.149. The second kappa shape index (κ2) is 16.1. The van der Waals surface area contributed by atoms with Gasteiger partial charge in [-0.1, -0.05) is 13.5 Å². The lowest BCUT2D eigenvalue weighted by Gasteiger charge is -2.43. The highest BCUT2D eigenvalue weighted by Gasteiger charge is 2.56. The van der Waals surface area contributed by atoms with Crippen LogP contribution in [0.3, 0.4) is 0 Å². The smallest absolute Gasteiger partial charge is 0.240 e. The van der Waals surface area contributed by atoms with Gasteiger partial charge in [0.15, 0.2) is 12.6 Å². The predicted molar refractivity (Wildman–Crippen MR) is 140 cm³/mol. The standard InChI is InChI=1S/C26H42O18/c1-4-5-10(28)22(38)26(40,21(37)9(2)3)23(39)14(30)11(29)7-41-24-20(36)18(34)16(32)13(44-24)8-42-25-19(35)17(33)15(31)12(6-27)43-25/h11-20,23-25,27,29-36,39-40H,2,4-8H2,1,3H3/t11-,12-,13-,14-,15-,16-,17+,18+,19-,20-,23+,24+,25+,26-/m1/s1. The van der Waals surface area contributed by atoms with E-state index in [4.69, 9.17) is 18.9 Å². The quantitative estimate of drug-likeness (QED) is 0.0423. The van der Waals surface area contributed by atoms with E-state index in [-0.39, 0.29) is 6.42 Å². The van der Waals surface area contributed by atoms with E-state index in [0.29, 0.717) is 0 Å². The number of hydrogen-bond donors (Lipinski definition) is 11. The molecule has 0 aromatic rings. The zero-order valence-electron chi connectivity index (χ0n) is 24.0. The number of aliphatic hydroxyl groups excluding tert-OH is 10. The summed E-state index contributed by atoms with van der Waals surface area (Å²) in [6.45, 7) is 3.39. The van der Waals surface area contributed by atoms with Crippen LogP contribution in [0.2, 0.25) is 0 Å². The molecule has 0 radical (unpaired) electrons. The van der Waals surface area contributed by atoms with Gasteiger partial charge in [-0.2, -0.15) is 0 Å². The Morgan fingerprint density at radius 3 is 1.82 bits per heavy atom. The van der Waals surface area contributed by atoms with Gasteiger partial charge in [-0.05, 0) is 18.9 Å². The van der Waals surface area contributed by atoms with Gasteiger partial charge in [0.05, 0.1) is 19.8 Å². The van der Waals surface area contributed by atoms with Gasteiger partial charge in [0.1, 0.15) is 67.1 Å². The average molecular weight is 643 g/mol. The number of carbonyl (C=O) groups excluding carboxylic acids is 3. The lowest BCUT2D eigenvalue weighted by atomic mass is 9.79. The lowest BCUT2D eigenvalue weighted by Crippen LogP contribution is -2.64. The van der Waals surface area contributed by atoms with Gasteiger partial charge in [0.25, 0.3) is 0 Å². The first-order chi connectivity index (χ1) is 20.4. The van der Waals surface area contributed by atoms with E-state index >= 15 is 0 Å². The van der Waals surface area contributed by atoms with Crippen LogP contribution in [-0.2, 0) is 33.3 Å². The van der Waals surface area contributed by atoms with Crippen molar-refractivity contribution in [2.24, 2.45) is 0 Å². The Hall–Kier alpha value is -1.85. The second-order valence-electron chi connectivity index (χ2n) is 10.8. The van der Waals surface area contributed by atoms with Crippen LogP contribution in [-0.4, -0.2) is 179 Å². The topological polar surface area (TPSA) is 311 Å². The molecule has 18 nitrogen and oxygen atoms in total. The Morgan fingerprint density at radius 2 is 1.32 bits per heavy atom. The van der Waals surface area contributed by atoms with Gasteiger partial charge < -0.3 is 75.1 Å². The maximum atomic E-state index is 12.7. The third kappa shape index (κ3) is 8.10. The zero-order chi connectivity index (χ0) is 33.7. The molecule has 2 rings (SSSR count). The molecule has 0 saturated carbocycles. The number of Topliss-reactive ketones (excluding diaryl/α,β-unsaturated/α-hetero) is 3. The molecule has 0 bridgehead atoms. The summed E-state index contributed by atoms with van der Waals surface area (Å²) in [5, 5.41) is 112. The third-order valence-corrected chi connectivity index (χ3v) is 7.33. The lowest BCUT2D eigenvalue weighted by molar-refractivity contribution is -0.333. The van der Waals surface area contributed by atoms with E-state index < -0.39 is 134 Å². The Morgan fingerprint density at radius 1 is 0.818 bits per heavy atom. The van der Waals surface area contributed by atoms with Crippen LogP contribution in [0.1, 0.15) is 26.7 Å². The molecule has 44 heavy (non-hydrogen) atoms. The maximum absolute atomic E-state index is 12.7. The molecular weight excluding hydrogens is 600 g/mol. The summed E-state index contributed by atoms with van der Waals surface area (Å²) in [4.78, 5) is 37.5. The molecule has 14 atom stereocenters. The van der Waals surface area contributed by atoms with E-state index in [1.165, 1.54) is 6.92 Å². The SMILES string of the molecule is C=C(C)C(=O)[C@@](O)(C(=O)C(=O)CCC)[C@@H](O)[C@H](O)[C@H](O)CO[C@H]1O[C@H](CO[C@H]2O[C@H](CO)[C@@H](O)[C@H](O)[C@H]2O)[C@@H](O)[C@H](O)[C@H]1O. The van der Waals surface area contributed by atoms with Crippen LogP contribution in [0.4, 0.5) is 0 Å². The first kappa shape index (κ1) is 38.3. The van der Waals surface area contributed by atoms with E-state index in [9.17, 15) is 70.6 Å². The molecule has 0 spiro atoms. The highest BCUT2D eigenvalue weighted by molar-refractivity contribution is 6.46. The van der Waals surface area contributed by atoms with Crippen LogP contribution < -0.4 is 0 Å². The molecule has 2 aliphatic rings. The van der Waals surface area contributed by atoms with Crippen LogP contribution in [0.5, 0.6) is 0 Å². The van der Waals surface area contributed by atoms with Crippen molar-refractivity contribution in [1.82, 2.24) is 0 Å². The normalized spacial score (nSPS) is 36.1. The second-order valence-corrected chi connectivity index (χ2v) is 10.8. The van der Waals surface area contributed by atoms with Crippen molar-refractivity contribution in [3.8, 4) is 0 Å². The molecule has 254 valence electrons. The van der Waals surface area contributed by atoms with Gasteiger partial charge in [-0.25, -0.2) is 0 Å². The van der Waals surface area contributed by atoms with Crippen LogP contribution in [0.25, 0.3) is 0 Å². The number of carbonyl (C=O) groups is 3. The van der Waals surface area contributed by atoms with Crippen molar-refractivity contribution in [3.05, 3.63) is 12.2 Å². The average Bonchev–Trinajstić information content (AvgIpc) is 3.00. The van der Waals surface area contributed by atoms with Crippen LogP contribution >= 0.6 is 0 Å². The van der Waals surface area contributed by atoms with Crippen molar-refractivity contribution in [2.45, 2.75) is 112 Å². The van der Waals surface area contributed by atoms with Crippen molar-refractivity contribution < 1.29 is 89.5 Å². The van der Waals surface area contributed by atoms with Crippen molar-refractivity contribution in [3.63, 3.8) is 0 Å². The summed E-state index contributed by atoms with van der Waals surface area (Å²) in [5.41, 5.74) is -3.96. The Kier molecular flexibility index (Phi) is 14.0. The molecule has 0 amide bonds. The predicted octanol–water partition coefficient (Wildman–Crippen LogP) is -6.48. The monoisotopic (exact) mass is 642 g/mol. The van der Waals surface area contributed by atoms with E-state index in [0.717, 1.165) is 6.92 Å². The van der Waals surface area contributed by atoms with E-state index in [2.05, 4.69) is 6.58 Å². The minimum atomic E-state index is -3.51. The maximum Gasteiger partial charge on any atom is 0.240 e. The summed E-state index contributed by atoms with van der Waals surface area (Å²) in [6.07, 6.45) is -25.1. The van der Waals surface area contributed by atoms with Gasteiger partial charge in [-0.15, -0.1) is 0 Å². The molecule has 2 heterocycles. The van der Waals surface area contributed by atoms with Crippen molar-refractivity contribution in [2.75, 3.05) is 19.8 Å². The van der Waals surface area contributed by atoms with Crippen molar-refractivity contribution >= 4 is 17.3 Å². The van der Waals surface area contributed by atoms with Crippen LogP contribution in [0, 0.1) is 0 Å². The molecule has 2 fully saturated rings. The summed E-state index contributed by atoms with van der Waals surface area (Å²) in [6, 6.07) is 0. The molecule has 2 aliphatic heterocycles. The summed E-state index contributed by atoms with van der Waals surface area (Å²) < 4.78 is 21.0. The highest BCUT2D eigenvalue weighted by atomic mass is 16.7. The first-order valence-electron chi connectivity index (χ1n) is 13.7. The van der Waals surface area contributed by atoms with Gasteiger partial charge in [0.2, 0.25) is 23.0 Å². The number of ether oxygens (including phenoxy) is 4. The summed E-state index contributed by atoms with van der Waals surface area (Å²) >= 11 is 0. The molecule has 0 aromatic heterocycles. The Labute approximate surface area is 251 Å². The molecule has 0 aliphatic carbocycles. The largest absolute Gasteiger partial charge is 0.394 e. The number of aliphatic hydroxyl groups is 11. The Bertz CT molecular complexity index is 1010. The molecule has 0 aromatic carbocycles. The highest BCUT2D eigenvalue weighted by Crippen LogP contribution is 2.27. The molecule has 0 unspecified atom stereocenters. The fourth-order valence-electron chi connectivity index (χ4n) is 4.59. The fourth-order valence-corrected chi connectivity index (χ4v) is 4.59. The minimum Gasteiger partial charge on any atom is -0.394 e. The van der Waals surface area contributed by atoms with Crippen LogP contribution in [0.15, 0.2) is 12.2 Å².